The van der Waals surface area contributed by atoms with E-state index in [1.54, 1.807) is 9.80 Å². The van der Waals surface area contributed by atoms with Crippen LogP contribution in [0.3, 0.4) is 0 Å². The van der Waals surface area contributed by atoms with E-state index in [1.165, 1.54) is 5.56 Å². The molecule has 1 heterocycles. The van der Waals surface area contributed by atoms with Crippen LogP contribution in [0.4, 0.5) is 4.79 Å². The van der Waals surface area contributed by atoms with Crippen LogP contribution in [0.5, 0.6) is 5.75 Å². The van der Waals surface area contributed by atoms with E-state index in [0.717, 1.165) is 18.6 Å². The molecule has 0 atom stereocenters. The molecule has 1 aliphatic rings. The van der Waals surface area contributed by atoms with Crippen LogP contribution in [-0.4, -0.2) is 61.6 Å². The topological polar surface area (TPSA) is 61.9 Å². The summed E-state index contributed by atoms with van der Waals surface area (Å²) < 4.78 is 5.72. The summed E-state index contributed by atoms with van der Waals surface area (Å²) in [7, 11) is 0. The molecule has 1 fully saturated rings. The smallest absolute Gasteiger partial charge is 0.317 e. The molecule has 2 rings (SSSR count). The van der Waals surface area contributed by atoms with Gasteiger partial charge < -0.3 is 19.9 Å². The quantitative estimate of drug-likeness (QED) is 0.634. The van der Waals surface area contributed by atoms with Gasteiger partial charge in [0.05, 0.1) is 6.61 Å². The molecule has 0 saturated carbocycles. The lowest BCUT2D eigenvalue weighted by Crippen LogP contribution is -2.51. The molecule has 6 heteroatoms. The first-order chi connectivity index (χ1) is 11.9. The number of ether oxygens (including phenoxy) is 1. The highest BCUT2D eigenvalue weighted by Crippen LogP contribution is 2.24. The molecular formula is C19H29N3O3. The monoisotopic (exact) mass is 347 g/mol. The Labute approximate surface area is 150 Å². The zero-order chi connectivity index (χ0) is 18.3. The van der Waals surface area contributed by atoms with Gasteiger partial charge in [-0.3, -0.25) is 4.79 Å². The van der Waals surface area contributed by atoms with Crippen molar-refractivity contribution < 1.29 is 14.3 Å². The van der Waals surface area contributed by atoms with E-state index in [-0.39, 0.29) is 11.4 Å². The molecule has 6 nitrogen and oxygen atoms in total. The van der Waals surface area contributed by atoms with Gasteiger partial charge in [-0.05, 0) is 29.5 Å². The molecule has 0 bridgehead atoms. The number of rotatable bonds is 6. The first-order valence-corrected chi connectivity index (χ1v) is 8.85. The third-order valence-electron chi connectivity index (χ3n) is 4.34. The largest absolute Gasteiger partial charge is 0.494 e. The molecule has 1 aromatic rings. The molecule has 0 unspecified atom stereocenters. The number of piperazine rings is 1. The molecule has 0 spiro atoms. The molecule has 138 valence electrons. The minimum Gasteiger partial charge on any atom is -0.494 e. The highest BCUT2D eigenvalue weighted by Gasteiger charge is 2.19. The van der Waals surface area contributed by atoms with Gasteiger partial charge in [0.15, 0.2) is 0 Å². The van der Waals surface area contributed by atoms with Crippen LogP contribution in [0.25, 0.3) is 0 Å². The van der Waals surface area contributed by atoms with Crippen molar-refractivity contribution in [3.8, 4) is 5.75 Å². The van der Waals surface area contributed by atoms with Gasteiger partial charge in [-0.25, -0.2) is 4.79 Å². The molecule has 1 N–H and O–H groups in total. The van der Waals surface area contributed by atoms with E-state index in [4.69, 9.17) is 4.74 Å². The molecule has 3 amide bonds. The highest BCUT2D eigenvalue weighted by molar-refractivity contribution is 5.74. The van der Waals surface area contributed by atoms with E-state index in [1.807, 2.05) is 12.1 Å². The Hall–Kier alpha value is -2.24. The van der Waals surface area contributed by atoms with Crippen molar-refractivity contribution in [2.24, 2.45) is 0 Å². The molecule has 0 aliphatic carbocycles. The lowest BCUT2D eigenvalue weighted by molar-refractivity contribution is -0.119. The second kappa shape index (κ2) is 8.74. The van der Waals surface area contributed by atoms with Gasteiger partial charge in [0.2, 0.25) is 6.41 Å². The van der Waals surface area contributed by atoms with Crippen LogP contribution < -0.4 is 10.1 Å². The Balaban J connectivity index is 1.61. The van der Waals surface area contributed by atoms with Crippen molar-refractivity contribution in [3.63, 3.8) is 0 Å². The van der Waals surface area contributed by atoms with Gasteiger partial charge in [-0.1, -0.05) is 32.9 Å². The second-order valence-electron chi connectivity index (χ2n) is 7.34. The van der Waals surface area contributed by atoms with Crippen molar-refractivity contribution in [2.45, 2.75) is 32.6 Å². The summed E-state index contributed by atoms with van der Waals surface area (Å²) in [6.45, 7) is 10.1. The van der Waals surface area contributed by atoms with Crippen LogP contribution in [0.1, 0.15) is 32.8 Å². The van der Waals surface area contributed by atoms with E-state index < -0.39 is 0 Å². The van der Waals surface area contributed by atoms with Gasteiger partial charge in [0.1, 0.15) is 5.75 Å². The Morgan fingerprint density at radius 1 is 1.16 bits per heavy atom. The average Bonchev–Trinajstić information content (AvgIpc) is 2.61. The van der Waals surface area contributed by atoms with Crippen LogP contribution in [-0.2, 0) is 10.2 Å². The minimum atomic E-state index is -0.0694. The predicted molar refractivity (Wildman–Crippen MR) is 97.9 cm³/mol. The Bertz CT molecular complexity index is 558. The highest BCUT2D eigenvalue weighted by atomic mass is 16.5. The summed E-state index contributed by atoms with van der Waals surface area (Å²) in [6.07, 6.45) is 1.58. The Morgan fingerprint density at radius 3 is 2.36 bits per heavy atom. The Morgan fingerprint density at radius 2 is 1.80 bits per heavy atom. The van der Waals surface area contributed by atoms with Gasteiger partial charge in [-0.15, -0.1) is 0 Å². The third-order valence-corrected chi connectivity index (χ3v) is 4.34. The van der Waals surface area contributed by atoms with E-state index in [9.17, 15) is 9.59 Å². The lowest BCUT2D eigenvalue weighted by Gasteiger charge is -2.32. The average molecular weight is 347 g/mol. The zero-order valence-corrected chi connectivity index (χ0v) is 15.5. The maximum absolute atomic E-state index is 12.0. The van der Waals surface area contributed by atoms with Gasteiger partial charge >= 0.3 is 6.03 Å². The number of carbonyl (C=O) groups is 2. The standard InChI is InChI=1S/C19H29N3O3/c1-19(2,3)16-5-7-17(8-6-16)25-14-4-9-20-18(24)22-12-10-21(15-23)11-13-22/h5-8,15H,4,9-14H2,1-3H3,(H,20,24). The van der Waals surface area contributed by atoms with Crippen molar-refractivity contribution >= 4 is 12.4 Å². The summed E-state index contributed by atoms with van der Waals surface area (Å²) in [5, 5.41) is 2.90. The van der Waals surface area contributed by atoms with Crippen LogP contribution in [0.2, 0.25) is 0 Å². The van der Waals surface area contributed by atoms with E-state index in [0.29, 0.717) is 39.3 Å². The fourth-order valence-corrected chi connectivity index (χ4v) is 2.65. The predicted octanol–water partition coefficient (Wildman–Crippen LogP) is 2.24. The molecule has 1 aliphatic heterocycles. The zero-order valence-electron chi connectivity index (χ0n) is 15.5. The molecule has 1 saturated heterocycles. The van der Waals surface area contributed by atoms with Crippen molar-refractivity contribution in [2.75, 3.05) is 39.3 Å². The first-order valence-electron chi connectivity index (χ1n) is 8.85. The fourth-order valence-electron chi connectivity index (χ4n) is 2.65. The number of amides is 3. The van der Waals surface area contributed by atoms with Gasteiger partial charge in [-0.2, -0.15) is 0 Å². The van der Waals surface area contributed by atoms with Crippen molar-refractivity contribution in [3.05, 3.63) is 29.8 Å². The van der Waals surface area contributed by atoms with Crippen molar-refractivity contribution in [1.82, 2.24) is 15.1 Å². The maximum Gasteiger partial charge on any atom is 0.317 e. The van der Waals surface area contributed by atoms with Gasteiger partial charge in [0, 0.05) is 32.7 Å². The number of benzene rings is 1. The number of nitrogens with zero attached hydrogens (tertiary/aromatic N) is 2. The first kappa shape index (κ1) is 19.1. The third kappa shape index (κ3) is 5.96. The molecular weight excluding hydrogens is 318 g/mol. The Kier molecular flexibility index (Phi) is 6.67. The summed E-state index contributed by atoms with van der Waals surface area (Å²) in [4.78, 5) is 26.1. The normalized spacial score (nSPS) is 15.0. The van der Waals surface area contributed by atoms with Crippen molar-refractivity contribution in [1.29, 1.82) is 0 Å². The number of carbonyl (C=O) groups excluding carboxylic acids is 2. The maximum atomic E-state index is 12.0. The number of hydrogen-bond acceptors (Lipinski definition) is 3. The summed E-state index contributed by atoms with van der Waals surface area (Å²) in [5.74, 6) is 0.851. The second-order valence-corrected chi connectivity index (χ2v) is 7.34. The molecule has 25 heavy (non-hydrogen) atoms. The summed E-state index contributed by atoms with van der Waals surface area (Å²) in [6, 6.07) is 8.10. The van der Waals surface area contributed by atoms with Crippen LogP contribution in [0, 0.1) is 0 Å². The van der Waals surface area contributed by atoms with E-state index >= 15 is 0 Å². The molecule has 0 radical (unpaired) electrons. The summed E-state index contributed by atoms with van der Waals surface area (Å²) >= 11 is 0. The lowest BCUT2D eigenvalue weighted by atomic mass is 9.87. The molecule has 1 aromatic carbocycles. The summed E-state index contributed by atoms with van der Waals surface area (Å²) in [5.41, 5.74) is 1.42. The fraction of sp³-hybridized carbons (Fsp3) is 0.579. The minimum absolute atomic E-state index is 0.0694. The molecule has 0 aromatic heterocycles. The van der Waals surface area contributed by atoms with Crippen LogP contribution in [0.15, 0.2) is 24.3 Å². The van der Waals surface area contributed by atoms with Gasteiger partial charge in [0.25, 0.3) is 0 Å². The van der Waals surface area contributed by atoms with Crippen LogP contribution >= 0.6 is 0 Å². The SMILES string of the molecule is CC(C)(C)c1ccc(OCCCNC(=O)N2CCN(C=O)CC2)cc1. The number of nitrogens with one attached hydrogen (secondary N) is 1. The number of urea groups is 1. The number of hydrogen-bond donors (Lipinski definition) is 1. The van der Waals surface area contributed by atoms with E-state index in [2.05, 4.69) is 38.2 Å².